The van der Waals surface area contributed by atoms with Crippen molar-refractivity contribution in [3.05, 3.63) is 28.3 Å². The summed E-state index contributed by atoms with van der Waals surface area (Å²) in [5, 5.41) is 8.22. The van der Waals surface area contributed by atoms with Gasteiger partial charge >= 0.3 is 5.97 Å². The molecule has 1 fully saturated rings. The summed E-state index contributed by atoms with van der Waals surface area (Å²) in [6.45, 7) is 0. The molecule has 6 heteroatoms. The molecule has 0 amide bonds. The van der Waals surface area contributed by atoms with Gasteiger partial charge in [0.1, 0.15) is 10.8 Å². The Labute approximate surface area is 107 Å². The number of halogens is 3. The van der Waals surface area contributed by atoms with E-state index in [9.17, 15) is 13.6 Å². The van der Waals surface area contributed by atoms with Crippen LogP contribution in [0.2, 0.25) is 5.02 Å². The fourth-order valence-corrected chi connectivity index (χ4v) is 2.29. The van der Waals surface area contributed by atoms with Crippen LogP contribution in [0.1, 0.15) is 24.8 Å². The van der Waals surface area contributed by atoms with Crippen LogP contribution in [-0.4, -0.2) is 18.2 Å². The van der Waals surface area contributed by atoms with Crippen LogP contribution in [0, 0.1) is 11.6 Å². The molecule has 0 bridgehead atoms. The van der Waals surface area contributed by atoms with E-state index in [1.807, 2.05) is 0 Å². The molecule has 0 spiro atoms. The van der Waals surface area contributed by atoms with E-state index in [-0.39, 0.29) is 17.7 Å². The Morgan fingerprint density at radius 2 is 2.17 bits per heavy atom. The lowest BCUT2D eigenvalue weighted by atomic mass is 9.91. The van der Waals surface area contributed by atoms with Crippen LogP contribution in [0.5, 0.6) is 5.75 Å². The first kappa shape index (κ1) is 13.1. The van der Waals surface area contributed by atoms with Crippen LogP contribution in [0.4, 0.5) is 8.78 Å². The predicted molar refractivity (Wildman–Crippen MR) is 61.1 cm³/mol. The van der Waals surface area contributed by atoms with E-state index >= 15 is 0 Å². The SMILES string of the molecule is COc1c(C2(CC(=O)O)CC2)cc(F)c(Cl)c1F. The lowest BCUT2D eigenvalue weighted by Gasteiger charge is -2.18. The first-order valence-electron chi connectivity index (χ1n) is 5.35. The molecular weight excluding hydrogens is 266 g/mol. The molecule has 3 nitrogen and oxygen atoms in total. The van der Waals surface area contributed by atoms with Crippen molar-refractivity contribution in [2.24, 2.45) is 0 Å². The van der Waals surface area contributed by atoms with E-state index < -0.39 is 28.0 Å². The highest BCUT2D eigenvalue weighted by molar-refractivity contribution is 6.31. The van der Waals surface area contributed by atoms with Gasteiger partial charge < -0.3 is 9.84 Å². The molecule has 0 saturated heterocycles. The molecule has 18 heavy (non-hydrogen) atoms. The number of aliphatic carboxylic acids is 1. The Morgan fingerprint density at radius 3 is 2.61 bits per heavy atom. The monoisotopic (exact) mass is 276 g/mol. The first-order valence-corrected chi connectivity index (χ1v) is 5.73. The molecule has 1 N–H and O–H groups in total. The summed E-state index contributed by atoms with van der Waals surface area (Å²) in [6.07, 6.45) is 0.955. The zero-order chi connectivity index (χ0) is 13.5. The Kier molecular flexibility index (Phi) is 3.19. The fourth-order valence-electron chi connectivity index (χ4n) is 2.15. The molecule has 1 aromatic carbocycles. The molecule has 0 heterocycles. The van der Waals surface area contributed by atoms with Crippen molar-refractivity contribution in [2.45, 2.75) is 24.7 Å². The van der Waals surface area contributed by atoms with Gasteiger partial charge in [-0.1, -0.05) is 11.6 Å². The largest absolute Gasteiger partial charge is 0.493 e. The van der Waals surface area contributed by atoms with Crippen LogP contribution in [0.3, 0.4) is 0 Å². The molecule has 1 aliphatic carbocycles. The summed E-state index contributed by atoms with van der Waals surface area (Å²) >= 11 is 5.46. The molecule has 0 atom stereocenters. The molecule has 98 valence electrons. The van der Waals surface area contributed by atoms with Crippen molar-refractivity contribution in [1.29, 1.82) is 0 Å². The number of benzene rings is 1. The quantitative estimate of drug-likeness (QED) is 0.860. The molecule has 1 aromatic rings. The lowest BCUT2D eigenvalue weighted by molar-refractivity contribution is -0.137. The van der Waals surface area contributed by atoms with Crippen molar-refractivity contribution in [3.8, 4) is 5.75 Å². The Hall–Kier alpha value is -1.36. The van der Waals surface area contributed by atoms with Gasteiger partial charge in [0.05, 0.1) is 13.5 Å². The maximum absolute atomic E-state index is 13.8. The molecule has 0 aromatic heterocycles. The molecular formula is C12H11ClF2O3. The minimum Gasteiger partial charge on any atom is -0.493 e. The van der Waals surface area contributed by atoms with Gasteiger partial charge in [-0.15, -0.1) is 0 Å². The van der Waals surface area contributed by atoms with Gasteiger partial charge in [0, 0.05) is 11.0 Å². The topological polar surface area (TPSA) is 46.5 Å². The smallest absolute Gasteiger partial charge is 0.304 e. The number of carboxylic acids is 1. The summed E-state index contributed by atoms with van der Waals surface area (Å²) < 4.78 is 32.2. The first-order chi connectivity index (χ1) is 8.41. The summed E-state index contributed by atoms with van der Waals surface area (Å²) in [5.41, 5.74) is -0.490. The van der Waals surface area contributed by atoms with E-state index in [1.54, 1.807) is 0 Å². The summed E-state index contributed by atoms with van der Waals surface area (Å²) in [4.78, 5) is 10.8. The van der Waals surface area contributed by atoms with Crippen LogP contribution >= 0.6 is 11.6 Å². The summed E-state index contributed by atoms with van der Waals surface area (Å²) in [7, 11) is 1.24. The van der Waals surface area contributed by atoms with Gasteiger partial charge in [-0.2, -0.15) is 0 Å². The number of hydrogen-bond donors (Lipinski definition) is 1. The number of methoxy groups -OCH3 is 1. The van der Waals surface area contributed by atoms with E-state index in [2.05, 4.69) is 0 Å². The lowest BCUT2D eigenvalue weighted by Crippen LogP contribution is -2.15. The normalized spacial score (nSPS) is 16.4. The highest BCUT2D eigenvalue weighted by Crippen LogP contribution is 2.55. The third-order valence-corrected chi connectivity index (χ3v) is 3.58. The summed E-state index contributed by atoms with van der Waals surface area (Å²) in [6, 6.07) is 1.07. The molecule has 1 aliphatic rings. The number of rotatable bonds is 4. The van der Waals surface area contributed by atoms with E-state index in [1.165, 1.54) is 7.11 Å². The third kappa shape index (κ3) is 2.03. The second-order valence-corrected chi connectivity index (χ2v) is 4.80. The van der Waals surface area contributed by atoms with Crippen molar-refractivity contribution in [2.75, 3.05) is 7.11 Å². The van der Waals surface area contributed by atoms with Crippen LogP contribution in [0.25, 0.3) is 0 Å². The number of carbonyl (C=O) groups is 1. The molecule has 0 radical (unpaired) electrons. The molecule has 0 unspecified atom stereocenters. The number of hydrogen-bond acceptors (Lipinski definition) is 2. The van der Waals surface area contributed by atoms with E-state index in [4.69, 9.17) is 21.4 Å². The average Bonchev–Trinajstić information content (AvgIpc) is 3.05. The molecule has 1 saturated carbocycles. The molecule has 0 aliphatic heterocycles. The predicted octanol–water partition coefficient (Wildman–Crippen LogP) is 3.13. The van der Waals surface area contributed by atoms with Crippen LogP contribution in [0.15, 0.2) is 6.07 Å². The van der Waals surface area contributed by atoms with Crippen LogP contribution in [-0.2, 0) is 10.2 Å². The minimum atomic E-state index is -1.01. The van der Waals surface area contributed by atoms with Gasteiger partial charge in [0.15, 0.2) is 11.6 Å². The Bertz CT molecular complexity index is 513. The number of carboxylic acid groups (broad SMARTS) is 1. The van der Waals surface area contributed by atoms with Crippen molar-refractivity contribution in [1.82, 2.24) is 0 Å². The Morgan fingerprint density at radius 1 is 1.56 bits per heavy atom. The van der Waals surface area contributed by atoms with Gasteiger partial charge in [0.2, 0.25) is 0 Å². The van der Waals surface area contributed by atoms with Gasteiger partial charge in [-0.25, -0.2) is 8.78 Å². The van der Waals surface area contributed by atoms with E-state index in [0.717, 1.165) is 6.07 Å². The van der Waals surface area contributed by atoms with E-state index in [0.29, 0.717) is 12.8 Å². The Balaban J connectivity index is 2.54. The highest BCUT2D eigenvalue weighted by Gasteiger charge is 2.49. The fraction of sp³-hybridized carbons (Fsp3) is 0.417. The maximum atomic E-state index is 13.8. The minimum absolute atomic E-state index is 0.167. The zero-order valence-electron chi connectivity index (χ0n) is 9.60. The number of ether oxygens (including phenoxy) is 1. The third-order valence-electron chi connectivity index (χ3n) is 3.24. The van der Waals surface area contributed by atoms with Crippen molar-refractivity contribution < 1.29 is 23.4 Å². The molecule has 2 rings (SSSR count). The highest BCUT2D eigenvalue weighted by atomic mass is 35.5. The zero-order valence-corrected chi connectivity index (χ0v) is 10.4. The van der Waals surface area contributed by atoms with Crippen LogP contribution < -0.4 is 4.74 Å². The second kappa shape index (κ2) is 4.39. The summed E-state index contributed by atoms with van der Waals surface area (Å²) in [5.74, 6) is -3.06. The van der Waals surface area contributed by atoms with Gasteiger partial charge in [-0.05, 0) is 18.9 Å². The van der Waals surface area contributed by atoms with Crippen molar-refractivity contribution >= 4 is 17.6 Å². The van der Waals surface area contributed by atoms with Crippen molar-refractivity contribution in [3.63, 3.8) is 0 Å². The standard InChI is InChI=1S/C12H11ClF2O3/c1-18-11-6(4-7(14)9(13)10(11)15)12(2-3-12)5-8(16)17/h4H,2-3,5H2,1H3,(H,16,17). The maximum Gasteiger partial charge on any atom is 0.304 e. The van der Waals surface area contributed by atoms with Gasteiger partial charge in [-0.3, -0.25) is 4.79 Å². The second-order valence-electron chi connectivity index (χ2n) is 4.42. The van der Waals surface area contributed by atoms with Gasteiger partial charge in [0.25, 0.3) is 0 Å². The average molecular weight is 277 g/mol.